The summed E-state index contributed by atoms with van der Waals surface area (Å²) in [5.74, 6) is -1.55. The van der Waals surface area contributed by atoms with E-state index in [0.29, 0.717) is 24.1 Å². The summed E-state index contributed by atoms with van der Waals surface area (Å²) >= 11 is 0. The van der Waals surface area contributed by atoms with Gasteiger partial charge in [-0.2, -0.15) is 13.2 Å². The summed E-state index contributed by atoms with van der Waals surface area (Å²) in [5, 5.41) is 2.79. The van der Waals surface area contributed by atoms with Crippen molar-refractivity contribution in [2.45, 2.75) is 44.8 Å². The molecule has 3 nitrogen and oxygen atoms in total. The summed E-state index contributed by atoms with van der Waals surface area (Å²) in [5.41, 5.74) is 7.44. The summed E-state index contributed by atoms with van der Waals surface area (Å²) in [4.78, 5) is 12.2. The number of nitrogens with two attached hydrogens (primary N) is 1. The van der Waals surface area contributed by atoms with Gasteiger partial charge in [-0.15, -0.1) is 0 Å². The normalized spacial score (nSPS) is 22.9. The molecule has 0 aromatic heterocycles. The van der Waals surface area contributed by atoms with Gasteiger partial charge in [-0.05, 0) is 44.7 Å². The number of carbonyl (C=O) groups is 1. The van der Waals surface area contributed by atoms with Crippen LogP contribution >= 0.6 is 0 Å². The van der Waals surface area contributed by atoms with Crippen molar-refractivity contribution in [2.24, 2.45) is 5.92 Å². The van der Waals surface area contributed by atoms with E-state index >= 15 is 0 Å². The summed E-state index contributed by atoms with van der Waals surface area (Å²) in [6.45, 7) is 1.85. The molecule has 1 fully saturated rings. The molecule has 0 saturated heterocycles. The van der Waals surface area contributed by atoms with Crippen molar-refractivity contribution in [1.82, 2.24) is 5.32 Å². The monoisotopic (exact) mass is 300 g/mol. The molecule has 3 N–H and O–H groups in total. The van der Waals surface area contributed by atoms with Crippen LogP contribution in [0, 0.1) is 12.8 Å². The molecule has 1 aromatic carbocycles. The van der Waals surface area contributed by atoms with Gasteiger partial charge in [-0.25, -0.2) is 0 Å². The SMILES string of the molecule is Cc1ccc(N)c(C(=O)NC2CCC(C(F)(F)F)CC2)c1. The molecule has 1 amide bonds. The molecule has 2 rings (SSSR count). The molecule has 1 saturated carbocycles. The van der Waals surface area contributed by atoms with Crippen molar-refractivity contribution >= 4 is 11.6 Å². The molecule has 1 aliphatic carbocycles. The van der Waals surface area contributed by atoms with E-state index in [1.807, 2.05) is 6.92 Å². The van der Waals surface area contributed by atoms with Gasteiger partial charge in [0.25, 0.3) is 5.91 Å². The first kappa shape index (κ1) is 15.7. The zero-order valence-electron chi connectivity index (χ0n) is 11.8. The lowest BCUT2D eigenvalue weighted by molar-refractivity contribution is -0.182. The maximum atomic E-state index is 12.6. The van der Waals surface area contributed by atoms with Gasteiger partial charge in [0, 0.05) is 11.7 Å². The van der Waals surface area contributed by atoms with E-state index in [4.69, 9.17) is 5.73 Å². The van der Waals surface area contributed by atoms with Crippen LogP contribution in [0.2, 0.25) is 0 Å². The molecule has 0 atom stereocenters. The summed E-state index contributed by atoms with van der Waals surface area (Å²) in [7, 11) is 0. The number of halogens is 3. The fraction of sp³-hybridized carbons (Fsp3) is 0.533. The molecule has 0 unspecified atom stereocenters. The molecule has 1 aromatic rings. The highest BCUT2D eigenvalue weighted by Gasteiger charge is 2.41. The number of rotatable bonds is 2. The molecule has 6 heteroatoms. The third-order valence-electron chi connectivity index (χ3n) is 3.98. The van der Waals surface area contributed by atoms with Crippen LogP contribution in [0.1, 0.15) is 41.6 Å². The Bertz CT molecular complexity index is 520. The first-order chi connectivity index (χ1) is 9.77. The van der Waals surface area contributed by atoms with Gasteiger partial charge in [0.05, 0.1) is 11.5 Å². The van der Waals surface area contributed by atoms with Gasteiger partial charge in [0.15, 0.2) is 0 Å². The fourth-order valence-corrected chi connectivity index (χ4v) is 2.69. The highest BCUT2D eigenvalue weighted by molar-refractivity contribution is 5.99. The molecule has 0 heterocycles. The number of benzene rings is 1. The van der Waals surface area contributed by atoms with Gasteiger partial charge in [0.2, 0.25) is 0 Å². The van der Waals surface area contributed by atoms with Crippen molar-refractivity contribution in [1.29, 1.82) is 0 Å². The number of nitrogen functional groups attached to an aromatic ring is 1. The van der Waals surface area contributed by atoms with Gasteiger partial charge in [-0.3, -0.25) is 4.79 Å². The number of hydrogen-bond donors (Lipinski definition) is 2. The van der Waals surface area contributed by atoms with E-state index in [0.717, 1.165) is 5.56 Å². The molecule has 1 aliphatic rings. The highest BCUT2D eigenvalue weighted by Crippen LogP contribution is 2.37. The number of amides is 1. The van der Waals surface area contributed by atoms with Crippen molar-refractivity contribution in [2.75, 3.05) is 5.73 Å². The van der Waals surface area contributed by atoms with Gasteiger partial charge >= 0.3 is 6.18 Å². The zero-order chi connectivity index (χ0) is 15.6. The van der Waals surface area contributed by atoms with Crippen LogP contribution in [0.25, 0.3) is 0 Å². The van der Waals surface area contributed by atoms with Crippen LogP contribution in [-0.4, -0.2) is 18.1 Å². The van der Waals surface area contributed by atoms with E-state index < -0.39 is 12.1 Å². The molecule has 0 bridgehead atoms. The van der Waals surface area contributed by atoms with Crippen molar-refractivity contribution in [3.63, 3.8) is 0 Å². The smallest absolute Gasteiger partial charge is 0.391 e. The zero-order valence-corrected chi connectivity index (χ0v) is 11.8. The Kier molecular flexibility index (Phi) is 4.44. The van der Waals surface area contributed by atoms with E-state index in [-0.39, 0.29) is 24.8 Å². The molecule has 0 aliphatic heterocycles. The first-order valence-electron chi connectivity index (χ1n) is 7.01. The highest BCUT2D eigenvalue weighted by atomic mass is 19.4. The average molecular weight is 300 g/mol. The lowest BCUT2D eigenvalue weighted by Crippen LogP contribution is -2.40. The average Bonchev–Trinajstić information content (AvgIpc) is 2.41. The number of anilines is 1. The Balaban J connectivity index is 1.94. The number of carbonyl (C=O) groups excluding carboxylic acids is 1. The predicted octanol–water partition coefficient (Wildman–Crippen LogP) is 3.43. The second-order valence-corrected chi connectivity index (χ2v) is 5.65. The maximum Gasteiger partial charge on any atom is 0.391 e. The topological polar surface area (TPSA) is 55.1 Å². The van der Waals surface area contributed by atoms with E-state index in [2.05, 4.69) is 5.32 Å². The van der Waals surface area contributed by atoms with Crippen LogP contribution in [-0.2, 0) is 0 Å². The number of nitrogens with one attached hydrogen (secondary N) is 1. The summed E-state index contributed by atoms with van der Waals surface area (Å²) in [6, 6.07) is 4.94. The van der Waals surface area contributed by atoms with E-state index in [9.17, 15) is 18.0 Å². The predicted molar refractivity (Wildman–Crippen MR) is 74.9 cm³/mol. The van der Waals surface area contributed by atoms with Crippen molar-refractivity contribution < 1.29 is 18.0 Å². The standard InChI is InChI=1S/C15H19F3N2O/c1-9-2-7-13(19)12(8-9)14(21)20-11-5-3-10(4-6-11)15(16,17)18/h2,7-8,10-11H,3-6,19H2,1H3,(H,20,21). The Morgan fingerprint density at radius 2 is 1.86 bits per heavy atom. The van der Waals surface area contributed by atoms with Crippen LogP contribution in [0.5, 0.6) is 0 Å². The Morgan fingerprint density at radius 3 is 2.43 bits per heavy atom. The molecule has 0 radical (unpaired) electrons. The molecule has 0 spiro atoms. The maximum absolute atomic E-state index is 12.6. The lowest BCUT2D eigenvalue weighted by atomic mass is 9.85. The van der Waals surface area contributed by atoms with Crippen LogP contribution in [0.3, 0.4) is 0 Å². The first-order valence-corrected chi connectivity index (χ1v) is 7.01. The van der Waals surface area contributed by atoms with Gasteiger partial charge in [-0.1, -0.05) is 11.6 Å². The molecular weight excluding hydrogens is 281 g/mol. The van der Waals surface area contributed by atoms with Crippen LogP contribution < -0.4 is 11.1 Å². The number of aryl methyl sites for hydroxylation is 1. The third kappa shape index (κ3) is 3.89. The van der Waals surface area contributed by atoms with Crippen LogP contribution in [0.15, 0.2) is 18.2 Å². The number of alkyl halides is 3. The van der Waals surface area contributed by atoms with Gasteiger partial charge in [0.1, 0.15) is 0 Å². The third-order valence-corrected chi connectivity index (χ3v) is 3.98. The minimum Gasteiger partial charge on any atom is -0.398 e. The minimum absolute atomic E-state index is 0.0672. The summed E-state index contributed by atoms with van der Waals surface area (Å²) in [6.07, 6.45) is -3.30. The Hall–Kier alpha value is -1.72. The number of hydrogen-bond acceptors (Lipinski definition) is 2. The van der Waals surface area contributed by atoms with Gasteiger partial charge < -0.3 is 11.1 Å². The van der Waals surface area contributed by atoms with E-state index in [1.165, 1.54) is 0 Å². The van der Waals surface area contributed by atoms with Crippen molar-refractivity contribution in [3.05, 3.63) is 29.3 Å². The minimum atomic E-state index is -4.13. The molecule has 21 heavy (non-hydrogen) atoms. The molecule has 116 valence electrons. The molecular formula is C15H19F3N2O. The second-order valence-electron chi connectivity index (χ2n) is 5.65. The second kappa shape index (κ2) is 5.95. The van der Waals surface area contributed by atoms with Crippen LogP contribution in [0.4, 0.5) is 18.9 Å². The largest absolute Gasteiger partial charge is 0.398 e. The fourth-order valence-electron chi connectivity index (χ4n) is 2.69. The van der Waals surface area contributed by atoms with E-state index in [1.54, 1.807) is 18.2 Å². The lowest BCUT2D eigenvalue weighted by Gasteiger charge is -2.30. The quantitative estimate of drug-likeness (QED) is 0.822. The summed E-state index contributed by atoms with van der Waals surface area (Å²) < 4.78 is 37.8. The Morgan fingerprint density at radius 1 is 1.24 bits per heavy atom. The van der Waals surface area contributed by atoms with Crippen molar-refractivity contribution in [3.8, 4) is 0 Å². The Labute approximate surface area is 121 Å².